The molecular formula is C20H18F5N5O. The molecule has 0 unspecified atom stereocenters. The fourth-order valence-corrected chi connectivity index (χ4v) is 3.40. The molecule has 0 radical (unpaired) electrons. The van der Waals surface area contributed by atoms with Crippen LogP contribution in [0.1, 0.15) is 30.2 Å². The predicted octanol–water partition coefficient (Wildman–Crippen LogP) is 3.22. The minimum Gasteiger partial charge on any atom is -0.351 e. The van der Waals surface area contributed by atoms with E-state index < -0.39 is 47.4 Å². The van der Waals surface area contributed by atoms with E-state index in [0.717, 1.165) is 18.5 Å². The molecule has 6 nitrogen and oxygen atoms in total. The molecular weight excluding hydrogens is 421 g/mol. The summed E-state index contributed by atoms with van der Waals surface area (Å²) >= 11 is 0. The van der Waals surface area contributed by atoms with Crippen molar-refractivity contribution in [1.82, 2.24) is 20.2 Å². The van der Waals surface area contributed by atoms with E-state index in [1.165, 1.54) is 12.1 Å². The van der Waals surface area contributed by atoms with Crippen LogP contribution in [0.25, 0.3) is 11.3 Å². The van der Waals surface area contributed by atoms with Gasteiger partial charge in [-0.1, -0.05) is 0 Å². The van der Waals surface area contributed by atoms with E-state index in [0.29, 0.717) is 0 Å². The first-order valence-corrected chi connectivity index (χ1v) is 9.28. The maximum atomic E-state index is 14.2. The summed E-state index contributed by atoms with van der Waals surface area (Å²) in [4.78, 5) is 21.1. The Hall–Kier alpha value is -3.13. The molecule has 1 aliphatic heterocycles. The summed E-state index contributed by atoms with van der Waals surface area (Å²) in [6.45, 7) is 1.44. The minimum atomic E-state index is -4.79. The highest BCUT2D eigenvalue weighted by molar-refractivity contribution is 5.82. The second-order valence-electron chi connectivity index (χ2n) is 7.28. The molecule has 3 atom stereocenters. The third-order valence-electron chi connectivity index (χ3n) is 5.37. The zero-order valence-corrected chi connectivity index (χ0v) is 16.5. The number of likely N-dealkylation sites (N-methyl/N-ethyl adjacent to an activating group) is 1. The van der Waals surface area contributed by atoms with Gasteiger partial charge < -0.3 is 5.32 Å². The number of carbonyl (C=O) groups excluding carboxylic acids is 1. The Morgan fingerprint density at radius 2 is 2.03 bits per heavy atom. The van der Waals surface area contributed by atoms with Gasteiger partial charge in [0.15, 0.2) is 5.69 Å². The quantitative estimate of drug-likeness (QED) is 0.740. The van der Waals surface area contributed by atoms with Crippen LogP contribution in [0.3, 0.4) is 0 Å². The molecule has 1 amide bonds. The SMILES string of the molecule is C[C@H]1[C@H](F)C[C@@H](C(=O)NCc2cc(-c3cnc(C(F)(F)F)c(C#N)c3)ncc2F)N1C. The molecule has 1 fully saturated rings. The van der Waals surface area contributed by atoms with Gasteiger partial charge in [0.25, 0.3) is 0 Å². The number of nitrogens with zero attached hydrogens (tertiary/aromatic N) is 4. The normalized spacial score (nSPS) is 21.7. The topological polar surface area (TPSA) is 81.9 Å². The van der Waals surface area contributed by atoms with Gasteiger partial charge >= 0.3 is 6.18 Å². The predicted molar refractivity (Wildman–Crippen MR) is 99.5 cm³/mol. The van der Waals surface area contributed by atoms with Crippen molar-refractivity contribution in [3.8, 4) is 17.3 Å². The highest BCUT2D eigenvalue weighted by atomic mass is 19.4. The van der Waals surface area contributed by atoms with Gasteiger partial charge in [0.05, 0.1) is 23.5 Å². The maximum Gasteiger partial charge on any atom is 0.434 e. The minimum absolute atomic E-state index is 0.0295. The summed E-state index contributed by atoms with van der Waals surface area (Å²) in [5.41, 5.74) is -1.82. The van der Waals surface area contributed by atoms with E-state index in [1.54, 1.807) is 18.9 Å². The summed E-state index contributed by atoms with van der Waals surface area (Å²) in [5, 5.41) is 11.6. The number of aromatic nitrogens is 2. The molecule has 0 spiro atoms. The average molecular weight is 439 g/mol. The number of carbonyl (C=O) groups is 1. The Bertz CT molecular complexity index is 1040. The lowest BCUT2D eigenvalue weighted by atomic mass is 10.1. The number of rotatable bonds is 4. The third kappa shape index (κ3) is 4.64. The van der Waals surface area contributed by atoms with Crippen LogP contribution < -0.4 is 5.32 Å². The van der Waals surface area contributed by atoms with Crippen molar-refractivity contribution in [2.45, 2.75) is 44.3 Å². The number of likely N-dealkylation sites (tertiary alicyclic amines) is 1. The van der Waals surface area contributed by atoms with Gasteiger partial charge in [0, 0.05) is 36.3 Å². The lowest BCUT2D eigenvalue weighted by molar-refractivity contribution is -0.141. The van der Waals surface area contributed by atoms with E-state index in [1.807, 2.05) is 0 Å². The molecule has 1 aliphatic rings. The summed E-state index contributed by atoms with van der Waals surface area (Å²) in [7, 11) is 1.63. The number of nitriles is 1. The number of pyridine rings is 2. The molecule has 1 N–H and O–H groups in total. The summed E-state index contributed by atoms with van der Waals surface area (Å²) in [5.74, 6) is -1.20. The van der Waals surface area contributed by atoms with Crippen LogP contribution >= 0.6 is 0 Å². The second kappa shape index (κ2) is 8.55. The fourth-order valence-electron chi connectivity index (χ4n) is 3.40. The second-order valence-corrected chi connectivity index (χ2v) is 7.28. The van der Waals surface area contributed by atoms with Crippen LogP contribution in [-0.4, -0.2) is 46.1 Å². The number of hydrogen-bond donors (Lipinski definition) is 1. The van der Waals surface area contributed by atoms with E-state index in [2.05, 4.69) is 15.3 Å². The third-order valence-corrected chi connectivity index (χ3v) is 5.37. The van der Waals surface area contributed by atoms with E-state index in [9.17, 15) is 26.7 Å². The van der Waals surface area contributed by atoms with Gasteiger partial charge in [-0.2, -0.15) is 18.4 Å². The summed E-state index contributed by atoms with van der Waals surface area (Å²) in [6.07, 6.45) is -4.16. The molecule has 3 rings (SSSR count). The van der Waals surface area contributed by atoms with Gasteiger partial charge in [0.1, 0.15) is 18.1 Å². The molecule has 1 saturated heterocycles. The van der Waals surface area contributed by atoms with Crippen LogP contribution in [0.2, 0.25) is 0 Å². The molecule has 2 aromatic heterocycles. The van der Waals surface area contributed by atoms with Crippen molar-refractivity contribution >= 4 is 5.91 Å². The number of nitrogens with one attached hydrogen (secondary N) is 1. The zero-order chi connectivity index (χ0) is 22.9. The van der Waals surface area contributed by atoms with Crippen molar-refractivity contribution < 1.29 is 26.7 Å². The monoisotopic (exact) mass is 439 g/mol. The first-order chi connectivity index (χ1) is 14.5. The van der Waals surface area contributed by atoms with Gasteiger partial charge in [-0.15, -0.1) is 0 Å². The van der Waals surface area contributed by atoms with Crippen LogP contribution in [0.15, 0.2) is 24.5 Å². The fraction of sp³-hybridized carbons (Fsp3) is 0.400. The lowest BCUT2D eigenvalue weighted by Crippen LogP contribution is -2.43. The molecule has 0 aromatic carbocycles. The maximum absolute atomic E-state index is 14.2. The molecule has 0 aliphatic carbocycles. The number of alkyl halides is 4. The van der Waals surface area contributed by atoms with Gasteiger partial charge in [-0.3, -0.25) is 14.7 Å². The van der Waals surface area contributed by atoms with E-state index >= 15 is 0 Å². The Morgan fingerprint density at radius 3 is 2.61 bits per heavy atom. The Balaban J connectivity index is 1.80. The number of halogens is 5. The van der Waals surface area contributed by atoms with Crippen LogP contribution in [0, 0.1) is 17.1 Å². The Morgan fingerprint density at radius 1 is 1.32 bits per heavy atom. The number of amides is 1. The Kier molecular flexibility index (Phi) is 6.22. The first-order valence-electron chi connectivity index (χ1n) is 9.28. The van der Waals surface area contributed by atoms with Crippen LogP contribution in [-0.2, 0) is 17.5 Å². The lowest BCUT2D eigenvalue weighted by Gasteiger charge is -2.22. The van der Waals surface area contributed by atoms with Gasteiger partial charge in [0.2, 0.25) is 5.91 Å². The standard InChI is InChI=1S/C20H18F5N5O/c1-10-14(21)5-17(30(10)2)19(31)29-7-12-4-16(27-9-15(12)22)13-3-11(6-26)18(28-8-13)20(23,24)25/h3-4,8-10,14,17H,5,7H2,1-2H3,(H,29,31)/t10-,14+,17-/m0/s1. The number of hydrogen-bond acceptors (Lipinski definition) is 5. The molecule has 164 valence electrons. The Labute approximate surface area is 174 Å². The molecule has 3 heterocycles. The zero-order valence-electron chi connectivity index (χ0n) is 16.5. The van der Waals surface area contributed by atoms with Crippen LogP contribution in [0.4, 0.5) is 22.0 Å². The molecule has 31 heavy (non-hydrogen) atoms. The van der Waals surface area contributed by atoms with Crippen molar-refractivity contribution in [1.29, 1.82) is 5.26 Å². The van der Waals surface area contributed by atoms with Crippen molar-refractivity contribution in [2.75, 3.05) is 7.05 Å². The smallest absolute Gasteiger partial charge is 0.351 e. The van der Waals surface area contributed by atoms with E-state index in [4.69, 9.17) is 5.26 Å². The van der Waals surface area contributed by atoms with Crippen molar-refractivity contribution in [3.05, 3.63) is 47.2 Å². The largest absolute Gasteiger partial charge is 0.434 e. The molecule has 11 heteroatoms. The summed E-state index contributed by atoms with van der Waals surface area (Å²) < 4.78 is 66.8. The molecule has 0 saturated carbocycles. The van der Waals surface area contributed by atoms with Crippen LogP contribution in [0.5, 0.6) is 0 Å². The first kappa shape index (κ1) is 22.6. The van der Waals surface area contributed by atoms with Gasteiger partial charge in [-0.05, 0) is 26.1 Å². The highest BCUT2D eigenvalue weighted by Gasteiger charge is 2.40. The molecule has 0 bridgehead atoms. The van der Waals surface area contributed by atoms with Crippen molar-refractivity contribution in [3.63, 3.8) is 0 Å². The molecule has 2 aromatic rings. The van der Waals surface area contributed by atoms with Gasteiger partial charge in [-0.25, -0.2) is 13.8 Å². The van der Waals surface area contributed by atoms with E-state index in [-0.39, 0.29) is 29.8 Å². The highest BCUT2D eigenvalue weighted by Crippen LogP contribution is 2.32. The summed E-state index contributed by atoms with van der Waals surface area (Å²) in [6, 6.07) is 2.56. The van der Waals surface area contributed by atoms with Crippen molar-refractivity contribution in [2.24, 2.45) is 0 Å². The average Bonchev–Trinajstić information content (AvgIpc) is 2.99.